The highest BCUT2D eigenvalue weighted by atomic mass is 15.4. The third-order valence-corrected chi connectivity index (χ3v) is 6.09. The Balaban J connectivity index is 1.34. The van der Waals surface area contributed by atoms with Gasteiger partial charge in [-0.2, -0.15) is 5.26 Å². The number of piperazine rings is 1. The lowest BCUT2D eigenvalue weighted by Gasteiger charge is -2.34. The number of aromatic nitrogens is 6. The Morgan fingerprint density at radius 2 is 1.74 bits per heavy atom. The van der Waals surface area contributed by atoms with E-state index in [2.05, 4.69) is 49.1 Å². The molecule has 1 aliphatic heterocycles. The van der Waals surface area contributed by atoms with Crippen molar-refractivity contribution >= 4 is 11.8 Å². The van der Waals surface area contributed by atoms with E-state index in [1.807, 2.05) is 30.5 Å². The van der Waals surface area contributed by atoms with E-state index < -0.39 is 0 Å². The van der Waals surface area contributed by atoms with E-state index in [9.17, 15) is 5.26 Å². The molecule has 1 aliphatic rings. The minimum atomic E-state index is 0.131. The Morgan fingerprint density at radius 3 is 2.54 bits per heavy atom. The molecule has 0 bridgehead atoms. The molecule has 0 radical (unpaired) electrons. The van der Waals surface area contributed by atoms with Crippen molar-refractivity contribution in [1.29, 1.82) is 5.26 Å². The van der Waals surface area contributed by atoms with Crippen LogP contribution in [-0.4, -0.2) is 67.6 Å². The van der Waals surface area contributed by atoms with Gasteiger partial charge in [-0.1, -0.05) is 30.3 Å². The minimum Gasteiger partial charge on any atom is -0.368 e. The van der Waals surface area contributed by atoms with Crippen LogP contribution in [0.5, 0.6) is 0 Å². The Morgan fingerprint density at radius 1 is 0.943 bits per heavy atom. The van der Waals surface area contributed by atoms with Gasteiger partial charge in [-0.15, -0.1) is 5.10 Å². The fourth-order valence-electron chi connectivity index (χ4n) is 4.18. The molecule has 0 amide bonds. The van der Waals surface area contributed by atoms with Crippen LogP contribution in [0.4, 0.5) is 11.8 Å². The number of pyridine rings is 1. The van der Waals surface area contributed by atoms with Crippen LogP contribution in [0.15, 0.2) is 54.7 Å². The standard InChI is InChI=1S/C25H26N10/c1-2-33-9-11-34(12-10-33)24-8-4-7-20(28-24)16-35-17-23(31-32-35)22-14-21(29-25(27)30-22)19-6-3-5-18(13-19)15-26/h3-8,13-14,17H,2,9-12,16H2,1H3,(H2,27,29,30). The molecule has 0 spiro atoms. The number of benzene rings is 1. The lowest BCUT2D eigenvalue weighted by Crippen LogP contribution is -2.46. The van der Waals surface area contributed by atoms with Gasteiger partial charge in [-0.3, -0.25) is 0 Å². The summed E-state index contributed by atoms with van der Waals surface area (Å²) in [5.41, 5.74) is 10.0. The first-order valence-corrected chi connectivity index (χ1v) is 11.6. The minimum absolute atomic E-state index is 0.131. The summed E-state index contributed by atoms with van der Waals surface area (Å²) in [5, 5.41) is 17.8. The summed E-state index contributed by atoms with van der Waals surface area (Å²) >= 11 is 0. The van der Waals surface area contributed by atoms with Gasteiger partial charge >= 0.3 is 0 Å². The normalized spacial score (nSPS) is 14.1. The van der Waals surface area contributed by atoms with Crippen LogP contribution >= 0.6 is 0 Å². The number of likely N-dealkylation sites (N-methyl/N-ethyl adjacent to an activating group) is 1. The van der Waals surface area contributed by atoms with Gasteiger partial charge in [0.25, 0.3) is 0 Å². The van der Waals surface area contributed by atoms with Crippen molar-refractivity contribution < 1.29 is 0 Å². The van der Waals surface area contributed by atoms with Gasteiger partial charge < -0.3 is 15.5 Å². The SMILES string of the molecule is CCN1CCN(c2cccc(Cn3cc(-c4cc(-c5cccc(C#N)c5)nc(N)n4)nn3)n2)CC1. The fraction of sp³-hybridized carbons (Fsp3) is 0.280. The number of nitrogen functional groups attached to an aromatic ring is 1. The number of hydrogen-bond donors (Lipinski definition) is 1. The molecule has 35 heavy (non-hydrogen) atoms. The van der Waals surface area contributed by atoms with Gasteiger partial charge in [-0.05, 0) is 36.9 Å². The van der Waals surface area contributed by atoms with Crippen molar-refractivity contribution in [2.24, 2.45) is 0 Å². The molecular weight excluding hydrogens is 440 g/mol. The quantitative estimate of drug-likeness (QED) is 0.456. The van der Waals surface area contributed by atoms with E-state index in [-0.39, 0.29) is 5.95 Å². The third-order valence-electron chi connectivity index (χ3n) is 6.09. The summed E-state index contributed by atoms with van der Waals surface area (Å²) in [6.45, 7) is 7.84. The smallest absolute Gasteiger partial charge is 0.221 e. The summed E-state index contributed by atoms with van der Waals surface area (Å²) < 4.78 is 1.74. The van der Waals surface area contributed by atoms with Crippen LogP contribution in [-0.2, 0) is 6.54 Å². The van der Waals surface area contributed by atoms with Crippen molar-refractivity contribution in [3.05, 3.63) is 66.0 Å². The monoisotopic (exact) mass is 466 g/mol. The lowest BCUT2D eigenvalue weighted by atomic mass is 10.1. The second-order valence-corrected chi connectivity index (χ2v) is 8.40. The number of anilines is 2. The van der Waals surface area contributed by atoms with Crippen LogP contribution in [0, 0.1) is 11.3 Å². The molecular formula is C25H26N10. The number of nitriles is 1. The Labute approximate surface area is 203 Å². The van der Waals surface area contributed by atoms with Gasteiger partial charge in [0.1, 0.15) is 11.5 Å². The average Bonchev–Trinajstić information content (AvgIpc) is 3.37. The molecule has 2 N–H and O–H groups in total. The highest BCUT2D eigenvalue weighted by Gasteiger charge is 2.17. The third kappa shape index (κ3) is 5.10. The molecule has 1 aromatic carbocycles. The first-order valence-electron chi connectivity index (χ1n) is 11.6. The van der Waals surface area contributed by atoms with Crippen LogP contribution in [0.25, 0.3) is 22.6 Å². The summed E-state index contributed by atoms with van der Waals surface area (Å²) in [4.78, 5) is 18.3. The van der Waals surface area contributed by atoms with E-state index in [1.165, 1.54) is 0 Å². The molecule has 0 atom stereocenters. The maximum absolute atomic E-state index is 9.19. The van der Waals surface area contributed by atoms with Crippen molar-refractivity contribution in [3.63, 3.8) is 0 Å². The second kappa shape index (κ2) is 9.87. The maximum Gasteiger partial charge on any atom is 0.221 e. The molecule has 0 saturated carbocycles. The molecule has 0 unspecified atom stereocenters. The Bertz CT molecular complexity index is 1360. The number of rotatable bonds is 6. The molecule has 4 aromatic rings. The summed E-state index contributed by atoms with van der Waals surface area (Å²) in [6, 6.07) is 17.2. The number of hydrogen-bond acceptors (Lipinski definition) is 9. The van der Waals surface area contributed by atoms with E-state index >= 15 is 0 Å². The highest BCUT2D eigenvalue weighted by molar-refractivity contribution is 5.68. The number of nitrogens with two attached hydrogens (primary N) is 1. The Kier molecular flexibility index (Phi) is 6.32. The van der Waals surface area contributed by atoms with Gasteiger partial charge in [0.05, 0.1) is 41.5 Å². The first kappa shape index (κ1) is 22.4. The zero-order valence-corrected chi connectivity index (χ0v) is 19.5. The molecule has 0 aliphatic carbocycles. The van der Waals surface area contributed by atoms with Crippen molar-refractivity contribution in [2.75, 3.05) is 43.4 Å². The predicted octanol–water partition coefficient (Wildman–Crippen LogP) is 2.44. The first-order chi connectivity index (χ1) is 17.1. The fourth-order valence-corrected chi connectivity index (χ4v) is 4.18. The summed E-state index contributed by atoms with van der Waals surface area (Å²) in [5.74, 6) is 1.12. The van der Waals surface area contributed by atoms with Crippen LogP contribution < -0.4 is 10.6 Å². The van der Waals surface area contributed by atoms with Crippen LogP contribution in [0.3, 0.4) is 0 Å². The largest absolute Gasteiger partial charge is 0.368 e. The van der Waals surface area contributed by atoms with Crippen LogP contribution in [0.1, 0.15) is 18.2 Å². The molecule has 1 saturated heterocycles. The predicted molar refractivity (Wildman–Crippen MR) is 133 cm³/mol. The summed E-state index contributed by atoms with van der Waals surface area (Å²) in [7, 11) is 0. The van der Waals surface area contributed by atoms with Gasteiger partial charge in [-0.25, -0.2) is 19.6 Å². The summed E-state index contributed by atoms with van der Waals surface area (Å²) in [6.07, 6.45) is 1.83. The Hall–Kier alpha value is -4.36. The second-order valence-electron chi connectivity index (χ2n) is 8.40. The maximum atomic E-state index is 9.19. The number of nitrogens with zero attached hydrogens (tertiary/aromatic N) is 9. The van der Waals surface area contributed by atoms with Gasteiger partial charge in [0, 0.05) is 31.7 Å². The van der Waals surface area contributed by atoms with E-state index in [4.69, 9.17) is 10.7 Å². The van der Waals surface area contributed by atoms with Gasteiger partial charge in [0.2, 0.25) is 5.95 Å². The zero-order chi connectivity index (χ0) is 24.2. The highest BCUT2D eigenvalue weighted by Crippen LogP contribution is 2.24. The van der Waals surface area contributed by atoms with Crippen molar-refractivity contribution in [3.8, 4) is 28.7 Å². The van der Waals surface area contributed by atoms with E-state index in [1.54, 1.807) is 22.9 Å². The molecule has 5 rings (SSSR count). The lowest BCUT2D eigenvalue weighted by molar-refractivity contribution is 0.270. The van der Waals surface area contributed by atoms with Crippen molar-refractivity contribution in [2.45, 2.75) is 13.5 Å². The van der Waals surface area contributed by atoms with Crippen molar-refractivity contribution in [1.82, 2.24) is 34.8 Å². The van der Waals surface area contributed by atoms with Crippen LogP contribution in [0.2, 0.25) is 0 Å². The van der Waals surface area contributed by atoms with E-state index in [0.717, 1.165) is 49.8 Å². The molecule has 1 fully saturated rings. The molecule has 4 heterocycles. The topological polar surface area (TPSA) is 126 Å². The molecule has 176 valence electrons. The molecule has 3 aromatic heterocycles. The average molecular weight is 467 g/mol. The van der Waals surface area contributed by atoms with E-state index in [0.29, 0.717) is 29.2 Å². The molecule has 10 heteroatoms. The van der Waals surface area contributed by atoms with Gasteiger partial charge in [0.15, 0.2) is 0 Å². The zero-order valence-electron chi connectivity index (χ0n) is 19.5. The molecule has 10 nitrogen and oxygen atoms in total.